The number of nitrogens with zero attached hydrogens (tertiary/aromatic N) is 1. The number of benzene rings is 1. The maximum atomic E-state index is 4.42. The van der Waals surface area contributed by atoms with E-state index in [2.05, 4.69) is 79.7 Å². The summed E-state index contributed by atoms with van der Waals surface area (Å²) in [6.07, 6.45) is 3.10. The number of rotatable bonds is 2. The van der Waals surface area contributed by atoms with E-state index in [1.807, 2.05) is 19.2 Å². The minimum Gasteiger partial charge on any atom is -0.256 e. The van der Waals surface area contributed by atoms with E-state index in [9.17, 15) is 0 Å². The van der Waals surface area contributed by atoms with Gasteiger partial charge in [-0.1, -0.05) is 64.5 Å². The lowest BCUT2D eigenvalue weighted by Crippen LogP contribution is -2.00. The Balaban J connectivity index is 0.000000379. The summed E-state index contributed by atoms with van der Waals surface area (Å²) in [5, 5.41) is 1.12. The van der Waals surface area contributed by atoms with E-state index in [0.29, 0.717) is 5.41 Å². The Hall–Kier alpha value is -1.46. The van der Waals surface area contributed by atoms with Crippen LogP contribution in [0.15, 0.2) is 43.1 Å². The molecule has 0 radical (unpaired) electrons. The quantitative estimate of drug-likeness (QED) is 0.613. The normalized spacial score (nSPS) is 10.7. The van der Waals surface area contributed by atoms with Crippen LogP contribution in [0.4, 0.5) is 0 Å². The third kappa shape index (κ3) is 6.28. The monoisotopic (exact) mass is 327 g/mol. The fourth-order valence-electron chi connectivity index (χ4n) is 1.95. The Labute approximate surface area is 144 Å². The summed E-state index contributed by atoms with van der Waals surface area (Å²) in [4.78, 5) is 4.42. The Morgan fingerprint density at radius 3 is 2.26 bits per heavy atom. The average molecular weight is 327 g/mol. The molecule has 1 nitrogen and oxygen atoms in total. The lowest BCUT2D eigenvalue weighted by molar-refractivity contribution is 0.398. The second-order valence-corrected chi connectivity index (χ2v) is 7.79. The van der Waals surface area contributed by atoms with Gasteiger partial charge in [-0.3, -0.25) is 4.98 Å². The van der Waals surface area contributed by atoms with Crippen LogP contribution in [0.3, 0.4) is 0 Å². The number of allylic oxidation sites excluding steroid dienone is 1. The summed E-state index contributed by atoms with van der Waals surface area (Å²) >= 11 is 0. The van der Waals surface area contributed by atoms with Crippen molar-refractivity contribution in [2.45, 2.75) is 48.0 Å². The SMILES string of the molecule is C=C(C)c1ccc(-c2ncccc2P)cc1C.CCC(C)(C)C. The van der Waals surface area contributed by atoms with E-state index in [1.54, 1.807) is 0 Å². The van der Waals surface area contributed by atoms with Crippen molar-refractivity contribution in [1.29, 1.82) is 0 Å². The molecule has 0 bridgehead atoms. The van der Waals surface area contributed by atoms with Crippen LogP contribution < -0.4 is 5.30 Å². The molecule has 0 spiro atoms. The molecule has 1 heterocycles. The van der Waals surface area contributed by atoms with Crippen molar-refractivity contribution in [3.63, 3.8) is 0 Å². The van der Waals surface area contributed by atoms with Crippen LogP contribution in [-0.2, 0) is 0 Å². The molecule has 2 rings (SSSR count). The molecule has 1 aromatic heterocycles. The van der Waals surface area contributed by atoms with Gasteiger partial charge in [0.05, 0.1) is 5.69 Å². The first-order valence-electron chi connectivity index (χ1n) is 8.13. The van der Waals surface area contributed by atoms with Gasteiger partial charge in [-0.2, -0.15) is 0 Å². The number of hydrogen-bond donors (Lipinski definition) is 0. The highest BCUT2D eigenvalue weighted by Crippen LogP contribution is 2.23. The molecule has 2 heteroatoms. The largest absolute Gasteiger partial charge is 0.256 e. The highest BCUT2D eigenvalue weighted by molar-refractivity contribution is 7.27. The first-order valence-corrected chi connectivity index (χ1v) is 8.71. The lowest BCUT2D eigenvalue weighted by atomic mass is 9.94. The zero-order valence-electron chi connectivity index (χ0n) is 15.4. The van der Waals surface area contributed by atoms with Crippen LogP contribution in [0, 0.1) is 12.3 Å². The highest BCUT2D eigenvalue weighted by atomic mass is 31.0. The molecule has 0 saturated carbocycles. The van der Waals surface area contributed by atoms with Crippen molar-refractivity contribution in [1.82, 2.24) is 4.98 Å². The van der Waals surface area contributed by atoms with E-state index in [4.69, 9.17) is 0 Å². The molecule has 0 fully saturated rings. The van der Waals surface area contributed by atoms with E-state index in [1.165, 1.54) is 17.5 Å². The van der Waals surface area contributed by atoms with E-state index in [-0.39, 0.29) is 0 Å². The second-order valence-electron chi connectivity index (χ2n) is 7.17. The van der Waals surface area contributed by atoms with Crippen molar-refractivity contribution >= 4 is 20.1 Å². The maximum absolute atomic E-state index is 4.42. The smallest absolute Gasteiger partial charge is 0.0773 e. The summed E-state index contributed by atoms with van der Waals surface area (Å²) in [7, 11) is 2.73. The van der Waals surface area contributed by atoms with Crippen LogP contribution in [0.2, 0.25) is 0 Å². The summed E-state index contributed by atoms with van der Waals surface area (Å²) < 4.78 is 0. The van der Waals surface area contributed by atoms with Crippen molar-refractivity contribution in [3.8, 4) is 11.3 Å². The van der Waals surface area contributed by atoms with Gasteiger partial charge in [0.2, 0.25) is 0 Å². The van der Waals surface area contributed by atoms with Gasteiger partial charge >= 0.3 is 0 Å². The van der Waals surface area contributed by atoms with Crippen molar-refractivity contribution in [2.24, 2.45) is 5.41 Å². The predicted octanol–water partition coefficient (Wildman–Crippen LogP) is 6.03. The third-order valence-electron chi connectivity index (χ3n) is 3.86. The molecule has 0 aliphatic carbocycles. The first-order chi connectivity index (χ1) is 10.7. The Morgan fingerprint density at radius 1 is 1.22 bits per heavy atom. The number of aryl methyl sites for hydroxylation is 1. The average Bonchev–Trinajstić information content (AvgIpc) is 2.47. The fourth-order valence-corrected chi connectivity index (χ4v) is 2.30. The van der Waals surface area contributed by atoms with Gasteiger partial charge in [-0.25, -0.2) is 0 Å². The second kappa shape index (κ2) is 8.41. The molecular weight excluding hydrogens is 297 g/mol. The molecule has 0 N–H and O–H groups in total. The Morgan fingerprint density at radius 2 is 1.83 bits per heavy atom. The summed E-state index contributed by atoms with van der Waals surface area (Å²) in [6, 6.07) is 10.4. The van der Waals surface area contributed by atoms with Gasteiger partial charge in [0.15, 0.2) is 0 Å². The molecule has 1 aromatic carbocycles. The lowest BCUT2D eigenvalue weighted by Gasteiger charge is -2.12. The minimum absolute atomic E-state index is 0.542. The molecular formula is C21H30NP. The van der Waals surface area contributed by atoms with Crippen LogP contribution >= 0.6 is 9.24 Å². The molecule has 23 heavy (non-hydrogen) atoms. The fraction of sp³-hybridized carbons (Fsp3) is 0.381. The van der Waals surface area contributed by atoms with Gasteiger partial charge in [0.25, 0.3) is 0 Å². The van der Waals surface area contributed by atoms with Crippen molar-refractivity contribution in [3.05, 3.63) is 54.2 Å². The Bertz CT molecular complexity index is 666. The summed E-state index contributed by atoms with van der Waals surface area (Å²) in [5.74, 6) is 0. The van der Waals surface area contributed by atoms with Crippen LogP contribution in [0.1, 0.15) is 52.2 Å². The molecule has 0 saturated heterocycles. The van der Waals surface area contributed by atoms with Gasteiger partial charge in [-0.05, 0) is 47.8 Å². The molecule has 0 aliphatic rings. The highest BCUT2D eigenvalue weighted by Gasteiger charge is 2.06. The summed E-state index contributed by atoms with van der Waals surface area (Å²) in [6.45, 7) is 17.1. The van der Waals surface area contributed by atoms with Crippen molar-refractivity contribution in [2.75, 3.05) is 0 Å². The van der Waals surface area contributed by atoms with Gasteiger partial charge in [0.1, 0.15) is 0 Å². The minimum atomic E-state index is 0.542. The molecule has 0 amide bonds. The molecule has 2 aromatic rings. The number of hydrogen-bond acceptors (Lipinski definition) is 1. The van der Waals surface area contributed by atoms with Gasteiger partial charge < -0.3 is 0 Å². The molecule has 1 atom stereocenters. The van der Waals surface area contributed by atoms with E-state index >= 15 is 0 Å². The molecule has 124 valence electrons. The number of pyridine rings is 1. The molecule has 1 unspecified atom stereocenters. The summed E-state index contributed by atoms with van der Waals surface area (Å²) in [5.41, 5.74) is 6.27. The topological polar surface area (TPSA) is 12.9 Å². The number of aromatic nitrogens is 1. The van der Waals surface area contributed by atoms with Crippen LogP contribution in [0.5, 0.6) is 0 Å². The van der Waals surface area contributed by atoms with Crippen LogP contribution in [0.25, 0.3) is 16.8 Å². The van der Waals surface area contributed by atoms with Crippen molar-refractivity contribution < 1.29 is 0 Å². The van der Waals surface area contributed by atoms with Crippen LogP contribution in [-0.4, -0.2) is 4.98 Å². The zero-order chi connectivity index (χ0) is 17.6. The first kappa shape index (κ1) is 19.6. The van der Waals surface area contributed by atoms with E-state index in [0.717, 1.165) is 22.1 Å². The molecule has 0 aliphatic heterocycles. The third-order valence-corrected chi connectivity index (χ3v) is 4.33. The standard InChI is InChI=1S/C15H16NP.C6H14/c1-10(2)13-7-6-12(9-11(13)3)15-14(17)5-4-8-16-15;1-5-6(2,3)4/h4-9H,1,17H2,2-3H3;5H2,1-4H3. The van der Waals surface area contributed by atoms with Gasteiger partial charge in [-0.15, -0.1) is 9.24 Å². The Kier molecular flexibility index (Phi) is 7.16. The van der Waals surface area contributed by atoms with Gasteiger partial charge in [0, 0.05) is 11.8 Å². The predicted molar refractivity (Wildman–Crippen MR) is 108 cm³/mol. The zero-order valence-corrected chi connectivity index (χ0v) is 16.6. The van der Waals surface area contributed by atoms with E-state index < -0.39 is 0 Å². The maximum Gasteiger partial charge on any atom is 0.0773 e.